The van der Waals surface area contributed by atoms with E-state index < -0.39 is 35.0 Å². The van der Waals surface area contributed by atoms with E-state index in [2.05, 4.69) is 20.4 Å². The zero-order valence-corrected chi connectivity index (χ0v) is 20.1. The molecule has 0 saturated carbocycles. The molecule has 0 radical (unpaired) electrons. The molecule has 2 fully saturated rings. The Bertz CT molecular complexity index is 881. The van der Waals surface area contributed by atoms with Crippen molar-refractivity contribution >= 4 is 11.8 Å². The summed E-state index contributed by atoms with van der Waals surface area (Å²) in [5, 5.41) is 5.48. The maximum absolute atomic E-state index is 13.0. The van der Waals surface area contributed by atoms with E-state index in [-0.39, 0.29) is 30.4 Å². The van der Waals surface area contributed by atoms with Crippen LogP contribution in [0.5, 0.6) is 0 Å². The number of halogens is 6. The van der Waals surface area contributed by atoms with Crippen LogP contribution < -0.4 is 10.6 Å². The van der Waals surface area contributed by atoms with Crippen LogP contribution in [0.4, 0.5) is 26.3 Å². The molecule has 2 amide bonds. The zero-order chi connectivity index (χ0) is 26.5. The number of likely N-dealkylation sites (tertiary alicyclic amines) is 2. The molecule has 2 aliphatic rings. The van der Waals surface area contributed by atoms with E-state index >= 15 is 0 Å². The maximum atomic E-state index is 13.0. The number of alkyl halides is 6. The van der Waals surface area contributed by atoms with Crippen molar-refractivity contribution in [1.29, 1.82) is 0 Å². The number of carbonyl (C=O) groups excluding carboxylic acids is 2. The first kappa shape index (κ1) is 28.2. The molecule has 2 aliphatic heterocycles. The lowest BCUT2D eigenvalue weighted by atomic mass is 9.96. The van der Waals surface area contributed by atoms with Gasteiger partial charge in [0.2, 0.25) is 5.91 Å². The lowest BCUT2D eigenvalue weighted by molar-refractivity contribution is -0.143. The van der Waals surface area contributed by atoms with Crippen LogP contribution >= 0.6 is 0 Å². The molecule has 0 spiro atoms. The molecule has 1 aromatic carbocycles. The fraction of sp³-hybridized carbons (Fsp3) is 0.667. The van der Waals surface area contributed by atoms with E-state index in [0.29, 0.717) is 25.2 Å². The van der Waals surface area contributed by atoms with E-state index in [4.69, 9.17) is 0 Å². The van der Waals surface area contributed by atoms with Crippen LogP contribution in [0.3, 0.4) is 0 Å². The molecule has 1 unspecified atom stereocenters. The number of hydrogen-bond donors (Lipinski definition) is 2. The third kappa shape index (κ3) is 8.09. The standard InChI is InChI=1S/C24H32F6N4O2/c1-33-7-2-3-17(15-33)21(35)31-6-10-34-8-4-16(5-9-34)14-32-22(36)18-11-19(23(25,26)27)13-20(12-18)24(28,29)30/h11-13,16-17H,2-10,14-15H2,1H3,(H,31,35)(H,32,36). The Hall–Kier alpha value is -2.34. The summed E-state index contributed by atoms with van der Waals surface area (Å²) in [4.78, 5) is 29.0. The van der Waals surface area contributed by atoms with Crippen LogP contribution in [-0.2, 0) is 17.1 Å². The van der Waals surface area contributed by atoms with Gasteiger partial charge in [-0.1, -0.05) is 0 Å². The van der Waals surface area contributed by atoms with E-state index in [0.717, 1.165) is 51.9 Å². The normalized spacial score (nSPS) is 20.8. The van der Waals surface area contributed by atoms with Gasteiger partial charge in [0.1, 0.15) is 0 Å². The third-order valence-corrected chi connectivity index (χ3v) is 6.83. The average molecular weight is 523 g/mol. The Morgan fingerprint density at radius 2 is 1.53 bits per heavy atom. The van der Waals surface area contributed by atoms with Crippen LogP contribution in [0.25, 0.3) is 0 Å². The highest BCUT2D eigenvalue weighted by atomic mass is 19.4. The monoisotopic (exact) mass is 522 g/mol. The Balaban J connectivity index is 1.42. The molecule has 0 bridgehead atoms. The van der Waals surface area contributed by atoms with Gasteiger partial charge in [-0.2, -0.15) is 26.3 Å². The minimum absolute atomic E-state index is 0.00251. The number of benzene rings is 1. The summed E-state index contributed by atoms with van der Waals surface area (Å²) in [6.45, 7) is 4.62. The number of rotatable bonds is 7. The predicted octanol–water partition coefficient (Wildman–Crippen LogP) is 3.62. The topological polar surface area (TPSA) is 64.7 Å². The van der Waals surface area contributed by atoms with E-state index in [1.807, 2.05) is 7.05 Å². The number of carbonyl (C=O) groups is 2. The second kappa shape index (κ2) is 11.8. The minimum atomic E-state index is -5.00. The van der Waals surface area contributed by atoms with Crippen LogP contribution in [0, 0.1) is 11.8 Å². The molecule has 3 rings (SSSR count). The van der Waals surface area contributed by atoms with Gasteiger partial charge in [0.15, 0.2) is 0 Å². The summed E-state index contributed by atoms with van der Waals surface area (Å²) < 4.78 is 78.2. The minimum Gasteiger partial charge on any atom is -0.355 e. The molecule has 2 heterocycles. The summed E-state index contributed by atoms with van der Waals surface area (Å²) in [5.41, 5.74) is -3.70. The lowest BCUT2D eigenvalue weighted by Crippen LogP contribution is -2.45. The van der Waals surface area contributed by atoms with E-state index in [1.165, 1.54) is 0 Å². The van der Waals surface area contributed by atoms with Gasteiger partial charge >= 0.3 is 12.4 Å². The molecule has 2 saturated heterocycles. The first-order valence-electron chi connectivity index (χ1n) is 12.1. The average Bonchev–Trinajstić information content (AvgIpc) is 2.82. The second-order valence-corrected chi connectivity index (χ2v) is 9.68. The van der Waals surface area contributed by atoms with Crippen LogP contribution in [0.1, 0.15) is 47.2 Å². The van der Waals surface area contributed by atoms with Gasteiger partial charge in [0, 0.05) is 31.7 Å². The largest absolute Gasteiger partial charge is 0.416 e. The number of nitrogens with zero attached hydrogens (tertiary/aromatic N) is 2. The van der Waals surface area contributed by atoms with Gasteiger partial charge in [-0.05, 0) is 76.5 Å². The van der Waals surface area contributed by atoms with Crippen molar-refractivity contribution in [3.63, 3.8) is 0 Å². The van der Waals surface area contributed by atoms with Crippen molar-refractivity contribution < 1.29 is 35.9 Å². The summed E-state index contributed by atoms with van der Waals surface area (Å²) in [5.74, 6) is -0.819. The van der Waals surface area contributed by atoms with Crippen molar-refractivity contribution in [3.8, 4) is 0 Å². The molecule has 1 atom stereocenters. The van der Waals surface area contributed by atoms with Crippen LogP contribution in [0.15, 0.2) is 18.2 Å². The van der Waals surface area contributed by atoms with Gasteiger partial charge < -0.3 is 20.4 Å². The van der Waals surface area contributed by atoms with Crippen LogP contribution in [-0.4, -0.2) is 74.5 Å². The molecule has 202 valence electrons. The van der Waals surface area contributed by atoms with Crippen molar-refractivity contribution in [2.75, 3.05) is 52.9 Å². The van der Waals surface area contributed by atoms with Crippen molar-refractivity contribution in [2.45, 2.75) is 38.0 Å². The maximum Gasteiger partial charge on any atom is 0.416 e. The predicted molar refractivity (Wildman–Crippen MR) is 121 cm³/mol. The summed E-state index contributed by atoms with van der Waals surface area (Å²) in [7, 11) is 2.01. The highest BCUT2D eigenvalue weighted by Gasteiger charge is 2.37. The van der Waals surface area contributed by atoms with Gasteiger partial charge in [-0.15, -0.1) is 0 Å². The first-order chi connectivity index (χ1) is 16.8. The SMILES string of the molecule is CN1CCCC(C(=O)NCCN2CCC(CNC(=O)c3cc(C(F)(F)F)cc(C(F)(F)F)c3)CC2)C1. The van der Waals surface area contributed by atoms with Gasteiger partial charge in [0.25, 0.3) is 5.91 Å². The summed E-state index contributed by atoms with van der Waals surface area (Å²) >= 11 is 0. The number of piperidine rings is 2. The molecule has 2 N–H and O–H groups in total. The van der Waals surface area contributed by atoms with E-state index in [9.17, 15) is 35.9 Å². The number of hydrogen-bond acceptors (Lipinski definition) is 4. The van der Waals surface area contributed by atoms with E-state index in [1.54, 1.807) is 0 Å². The molecule has 0 aliphatic carbocycles. The number of amides is 2. The molecule has 36 heavy (non-hydrogen) atoms. The van der Waals surface area contributed by atoms with Gasteiger partial charge in [-0.25, -0.2) is 0 Å². The smallest absolute Gasteiger partial charge is 0.355 e. The molecule has 0 aromatic heterocycles. The Morgan fingerprint density at radius 3 is 2.08 bits per heavy atom. The Kier molecular flexibility index (Phi) is 9.26. The summed E-state index contributed by atoms with van der Waals surface area (Å²) in [6, 6.07) is 0.877. The van der Waals surface area contributed by atoms with Crippen molar-refractivity contribution in [3.05, 3.63) is 34.9 Å². The molecular formula is C24H32F6N4O2. The van der Waals surface area contributed by atoms with Crippen molar-refractivity contribution in [1.82, 2.24) is 20.4 Å². The first-order valence-corrected chi connectivity index (χ1v) is 12.1. The Morgan fingerprint density at radius 1 is 0.917 bits per heavy atom. The zero-order valence-electron chi connectivity index (χ0n) is 20.1. The van der Waals surface area contributed by atoms with Crippen LogP contribution in [0.2, 0.25) is 0 Å². The second-order valence-electron chi connectivity index (χ2n) is 9.68. The quantitative estimate of drug-likeness (QED) is 0.537. The highest BCUT2D eigenvalue weighted by Crippen LogP contribution is 2.36. The van der Waals surface area contributed by atoms with Crippen molar-refractivity contribution in [2.24, 2.45) is 11.8 Å². The molecule has 6 nitrogen and oxygen atoms in total. The fourth-order valence-corrected chi connectivity index (χ4v) is 4.70. The lowest BCUT2D eigenvalue weighted by Gasteiger charge is -2.32. The molecule has 1 aromatic rings. The summed E-state index contributed by atoms with van der Waals surface area (Å²) in [6.07, 6.45) is -6.66. The Labute approximate surface area is 206 Å². The van der Waals surface area contributed by atoms with Gasteiger partial charge in [0.05, 0.1) is 17.0 Å². The fourth-order valence-electron chi connectivity index (χ4n) is 4.70. The molecular weight excluding hydrogens is 490 g/mol. The number of nitrogens with one attached hydrogen (secondary N) is 2. The third-order valence-electron chi connectivity index (χ3n) is 6.83. The van der Waals surface area contributed by atoms with Gasteiger partial charge in [-0.3, -0.25) is 9.59 Å². The molecule has 12 heteroatoms. The highest BCUT2D eigenvalue weighted by molar-refractivity contribution is 5.94.